The minimum Gasteiger partial charge on any atom is -0.493 e. The first-order valence-electron chi connectivity index (χ1n) is 8.00. The molecule has 0 aromatic heterocycles. The van der Waals surface area contributed by atoms with Crippen LogP contribution in [0.4, 0.5) is 0 Å². The van der Waals surface area contributed by atoms with Crippen molar-refractivity contribution in [2.24, 2.45) is 10.7 Å². The molecule has 3 N–H and O–H groups in total. The molecule has 8 heteroatoms. The Morgan fingerprint density at radius 1 is 1.28 bits per heavy atom. The Morgan fingerprint density at radius 2 is 1.96 bits per heavy atom. The standard InChI is InChI=1S/C17H27N3O3S.HI/c1-21-14-5-4-13(10-15(14)22-2)11-19-16(18)20-12-17(24-3)6-8-23-9-7-17;/h4-5,10H,6-9,11-12H2,1-3H3,(H3,18,19,20);1H. The van der Waals surface area contributed by atoms with Crippen molar-refractivity contribution in [3.05, 3.63) is 23.8 Å². The molecule has 0 atom stereocenters. The smallest absolute Gasteiger partial charge is 0.188 e. The number of thioether (sulfide) groups is 1. The number of rotatable bonds is 7. The van der Waals surface area contributed by atoms with E-state index < -0.39 is 0 Å². The highest BCUT2D eigenvalue weighted by molar-refractivity contribution is 14.0. The fourth-order valence-corrected chi connectivity index (χ4v) is 3.45. The largest absolute Gasteiger partial charge is 0.493 e. The van der Waals surface area contributed by atoms with Gasteiger partial charge in [-0.05, 0) is 36.8 Å². The number of hydrogen-bond donors (Lipinski definition) is 2. The maximum absolute atomic E-state index is 6.02. The third kappa shape index (κ3) is 6.41. The maximum atomic E-state index is 6.02. The molecule has 0 radical (unpaired) electrons. The van der Waals surface area contributed by atoms with E-state index in [-0.39, 0.29) is 28.7 Å². The monoisotopic (exact) mass is 481 g/mol. The van der Waals surface area contributed by atoms with Crippen LogP contribution in [0.5, 0.6) is 11.5 Å². The van der Waals surface area contributed by atoms with E-state index in [2.05, 4.69) is 16.6 Å². The third-order valence-corrected chi connectivity index (χ3v) is 5.73. The van der Waals surface area contributed by atoms with Crippen LogP contribution in [0.3, 0.4) is 0 Å². The molecule has 25 heavy (non-hydrogen) atoms. The molecule has 0 saturated carbocycles. The first-order chi connectivity index (χ1) is 11.6. The van der Waals surface area contributed by atoms with Gasteiger partial charge in [0.1, 0.15) is 0 Å². The number of aliphatic imine (C=N–C) groups is 1. The van der Waals surface area contributed by atoms with Gasteiger partial charge in [0.25, 0.3) is 0 Å². The van der Waals surface area contributed by atoms with Crippen molar-refractivity contribution in [1.29, 1.82) is 0 Å². The van der Waals surface area contributed by atoms with E-state index in [1.807, 2.05) is 30.0 Å². The number of nitrogens with two attached hydrogens (primary N) is 1. The minimum atomic E-state index is 0. The first kappa shape index (κ1) is 22.2. The predicted molar refractivity (Wildman–Crippen MR) is 115 cm³/mol. The lowest BCUT2D eigenvalue weighted by molar-refractivity contribution is 0.0783. The van der Waals surface area contributed by atoms with Crippen LogP contribution >= 0.6 is 35.7 Å². The van der Waals surface area contributed by atoms with E-state index >= 15 is 0 Å². The summed E-state index contributed by atoms with van der Waals surface area (Å²) in [6.45, 7) is 2.92. The number of methoxy groups -OCH3 is 2. The van der Waals surface area contributed by atoms with Crippen molar-refractivity contribution in [2.45, 2.75) is 24.1 Å². The van der Waals surface area contributed by atoms with Gasteiger partial charge in [-0.2, -0.15) is 11.8 Å². The van der Waals surface area contributed by atoms with Crippen LogP contribution in [-0.2, 0) is 11.3 Å². The van der Waals surface area contributed by atoms with Gasteiger partial charge in [-0.25, -0.2) is 4.99 Å². The fourth-order valence-electron chi connectivity index (χ4n) is 2.66. The molecule has 1 aromatic rings. The number of halogens is 1. The molecule has 2 rings (SSSR count). The van der Waals surface area contributed by atoms with Gasteiger partial charge in [-0.15, -0.1) is 24.0 Å². The summed E-state index contributed by atoms with van der Waals surface area (Å²) in [5.41, 5.74) is 7.04. The highest BCUT2D eigenvalue weighted by Gasteiger charge is 2.31. The Bertz CT molecular complexity index is 566. The van der Waals surface area contributed by atoms with Crippen LogP contribution < -0.4 is 20.5 Å². The molecule has 1 aliphatic heterocycles. The van der Waals surface area contributed by atoms with Crippen LogP contribution in [0.15, 0.2) is 23.2 Å². The molecule has 0 bridgehead atoms. The summed E-state index contributed by atoms with van der Waals surface area (Å²) in [6, 6.07) is 5.75. The second-order valence-corrected chi connectivity index (χ2v) is 7.02. The third-order valence-electron chi connectivity index (χ3n) is 4.31. The van der Waals surface area contributed by atoms with Crippen LogP contribution in [-0.4, -0.2) is 50.9 Å². The van der Waals surface area contributed by atoms with Gasteiger partial charge >= 0.3 is 0 Å². The van der Waals surface area contributed by atoms with Crippen molar-refractivity contribution in [3.8, 4) is 11.5 Å². The summed E-state index contributed by atoms with van der Waals surface area (Å²) < 4.78 is 16.2. The SMILES string of the molecule is COc1ccc(CN=C(N)NCC2(SC)CCOCC2)cc1OC.I. The van der Waals surface area contributed by atoms with Gasteiger partial charge in [0.15, 0.2) is 17.5 Å². The summed E-state index contributed by atoms with van der Waals surface area (Å²) in [5.74, 6) is 1.86. The number of nitrogens with zero attached hydrogens (tertiary/aromatic N) is 1. The number of nitrogens with one attached hydrogen (secondary N) is 1. The Balaban J connectivity index is 0.00000312. The van der Waals surface area contributed by atoms with Crippen LogP contribution in [0.1, 0.15) is 18.4 Å². The van der Waals surface area contributed by atoms with Crippen molar-refractivity contribution >= 4 is 41.7 Å². The molecular weight excluding hydrogens is 453 g/mol. The Kier molecular flexibility index (Phi) is 9.73. The quantitative estimate of drug-likeness (QED) is 0.354. The number of guanidine groups is 1. The molecule has 1 saturated heterocycles. The van der Waals surface area contributed by atoms with Gasteiger partial charge in [0, 0.05) is 24.5 Å². The summed E-state index contributed by atoms with van der Waals surface area (Å²) >= 11 is 1.88. The lowest BCUT2D eigenvalue weighted by Gasteiger charge is -2.35. The van der Waals surface area contributed by atoms with Gasteiger partial charge in [-0.1, -0.05) is 6.07 Å². The zero-order chi connectivity index (χ0) is 17.4. The fraction of sp³-hybridized carbons (Fsp3) is 0.588. The van der Waals surface area contributed by atoms with E-state index in [4.69, 9.17) is 19.9 Å². The predicted octanol–water partition coefficient (Wildman–Crippen LogP) is 2.64. The van der Waals surface area contributed by atoms with Crippen molar-refractivity contribution in [2.75, 3.05) is 40.2 Å². The first-order valence-corrected chi connectivity index (χ1v) is 9.22. The van der Waals surface area contributed by atoms with E-state index in [1.54, 1.807) is 14.2 Å². The maximum Gasteiger partial charge on any atom is 0.188 e. The normalized spacial score (nSPS) is 16.7. The van der Waals surface area contributed by atoms with Crippen molar-refractivity contribution < 1.29 is 14.2 Å². The molecule has 1 fully saturated rings. The Morgan fingerprint density at radius 3 is 2.56 bits per heavy atom. The lowest BCUT2D eigenvalue weighted by Crippen LogP contribution is -2.46. The molecule has 0 spiro atoms. The van der Waals surface area contributed by atoms with Crippen molar-refractivity contribution in [3.63, 3.8) is 0 Å². The van der Waals surface area contributed by atoms with Gasteiger partial charge in [0.05, 0.1) is 20.8 Å². The van der Waals surface area contributed by atoms with E-state index in [1.165, 1.54) is 0 Å². The van der Waals surface area contributed by atoms with Crippen LogP contribution in [0.2, 0.25) is 0 Å². The Hall–Kier alpha value is -0.870. The van der Waals surface area contributed by atoms with Gasteiger partial charge < -0.3 is 25.3 Å². The Labute approximate surface area is 171 Å². The summed E-state index contributed by atoms with van der Waals surface area (Å²) in [6.07, 6.45) is 4.21. The van der Waals surface area contributed by atoms with E-state index in [0.717, 1.165) is 38.2 Å². The summed E-state index contributed by atoms with van der Waals surface area (Å²) in [7, 11) is 3.24. The van der Waals surface area contributed by atoms with Gasteiger partial charge in [0.2, 0.25) is 0 Å². The number of ether oxygens (including phenoxy) is 3. The average Bonchev–Trinajstić information content (AvgIpc) is 2.65. The minimum absolute atomic E-state index is 0. The average molecular weight is 481 g/mol. The zero-order valence-electron chi connectivity index (χ0n) is 15.0. The van der Waals surface area contributed by atoms with Gasteiger partial charge in [-0.3, -0.25) is 0 Å². The molecule has 142 valence electrons. The summed E-state index contributed by atoms with van der Waals surface area (Å²) in [5, 5.41) is 3.26. The molecule has 0 aliphatic carbocycles. The van der Waals surface area contributed by atoms with Crippen molar-refractivity contribution in [1.82, 2.24) is 5.32 Å². The molecule has 6 nitrogen and oxygen atoms in total. The molecule has 1 aliphatic rings. The highest BCUT2D eigenvalue weighted by Crippen LogP contribution is 2.33. The second kappa shape index (κ2) is 11.0. The molecular formula is C17H28IN3O3S. The molecule has 1 heterocycles. The van der Waals surface area contributed by atoms with E-state index in [0.29, 0.717) is 24.0 Å². The second-order valence-electron chi connectivity index (χ2n) is 5.74. The van der Waals surface area contributed by atoms with E-state index in [9.17, 15) is 0 Å². The lowest BCUT2D eigenvalue weighted by atomic mass is 9.99. The zero-order valence-corrected chi connectivity index (χ0v) is 18.2. The topological polar surface area (TPSA) is 78.1 Å². The molecule has 1 aromatic carbocycles. The molecule has 0 unspecified atom stereocenters. The number of benzene rings is 1. The van der Waals surface area contributed by atoms with Crippen LogP contribution in [0.25, 0.3) is 0 Å². The summed E-state index contributed by atoms with van der Waals surface area (Å²) in [4.78, 5) is 4.42. The van der Waals surface area contributed by atoms with Crippen LogP contribution in [0, 0.1) is 0 Å². The number of hydrogen-bond acceptors (Lipinski definition) is 5. The highest BCUT2D eigenvalue weighted by atomic mass is 127. The molecule has 0 amide bonds.